The van der Waals surface area contributed by atoms with Crippen LogP contribution in [0.25, 0.3) is 0 Å². The molecule has 0 bridgehead atoms. The number of carboxylic acid groups (broad SMARTS) is 1. The van der Waals surface area contributed by atoms with E-state index in [1.165, 1.54) is 6.07 Å². The monoisotopic (exact) mass is 309 g/mol. The molecular formula is C16H20FNO4. The molecule has 0 radical (unpaired) electrons. The van der Waals surface area contributed by atoms with E-state index in [0.717, 1.165) is 0 Å². The van der Waals surface area contributed by atoms with Crippen LogP contribution >= 0.6 is 0 Å². The second kappa shape index (κ2) is 7.77. The molecule has 0 saturated carbocycles. The first-order valence-corrected chi connectivity index (χ1v) is 7.46. The van der Waals surface area contributed by atoms with Crippen LogP contribution < -0.4 is 4.74 Å². The molecule has 5 nitrogen and oxygen atoms in total. The molecular weight excluding hydrogens is 289 g/mol. The SMILES string of the molecule is O=C(O)C1CCN(C(=O)CCCOc2ccccc2F)CC1. The highest BCUT2D eigenvalue weighted by atomic mass is 19.1. The second-order valence-electron chi connectivity index (χ2n) is 5.38. The van der Waals surface area contributed by atoms with Crippen molar-refractivity contribution < 1.29 is 23.8 Å². The number of likely N-dealkylation sites (tertiary alicyclic amines) is 1. The number of carbonyl (C=O) groups is 2. The molecule has 1 aromatic rings. The van der Waals surface area contributed by atoms with E-state index in [4.69, 9.17) is 9.84 Å². The predicted molar refractivity (Wildman–Crippen MR) is 78.1 cm³/mol. The number of hydrogen-bond acceptors (Lipinski definition) is 3. The topological polar surface area (TPSA) is 66.8 Å². The molecule has 1 saturated heterocycles. The molecule has 1 aromatic carbocycles. The number of amides is 1. The van der Waals surface area contributed by atoms with Crippen LogP contribution in [0.15, 0.2) is 24.3 Å². The Morgan fingerprint density at radius 1 is 1.27 bits per heavy atom. The fourth-order valence-electron chi connectivity index (χ4n) is 2.50. The minimum Gasteiger partial charge on any atom is -0.491 e. The van der Waals surface area contributed by atoms with Crippen molar-refractivity contribution in [3.05, 3.63) is 30.1 Å². The molecule has 22 heavy (non-hydrogen) atoms. The number of rotatable bonds is 6. The Labute approximate surface area is 128 Å². The summed E-state index contributed by atoms with van der Waals surface area (Å²) in [6, 6.07) is 6.16. The largest absolute Gasteiger partial charge is 0.491 e. The van der Waals surface area contributed by atoms with Gasteiger partial charge in [0.25, 0.3) is 0 Å². The van der Waals surface area contributed by atoms with Crippen LogP contribution in [0.4, 0.5) is 4.39 Å². The first kappa shape index (κ1) is 16.3. The maximum absolute atomic E-state index is 13.3. The zero-order valence-corrected chi connectivity index (χ0v) is 12.3. The molecule has 1 fully saturated rings. The summed E-state index contributed by atoms with van der Waals surface area (Å²) in [7, 11) is 0. The Balaban J connectivity index is 1.66. The van der Waals surface area contributed by atoms with E-state index >= 15 is 0 Å². The normalized spacial score (nSPS) is 15.6. The van der Waals surface area contributed by atoms with Crippen molar-refractivity contribution in [2.24, 2.45) is 5.92 Å². The standard InChI is InChI=1S/C16H20FNO4/c17-13-4-1-2-5-14(13)22-11-3-6-15(19)18-9-7-12(8-10-18)16(20)21/h1-2,4-5,12H,3,6-11H2,(H,20,21). The Morgan fingerprint density at radius 3 is 2.59 bits per heavy atom. The lowest BCUT2D eigenvalue weighted by Crippen LogP contribution is -2.40. The van der Waals surface area contributed by atoms with Gasteiger partial charge in [0.2, 0.25) is 5.91 Å². The number of benzene rings is 1. The molecule has 6 heteroatoms. The Kier molecular flexibility index (Phi) is 5.75. The summed E-state index contributed by atoms with van der Waals surface area (Å²) in [6.45, 7) is 1.26. The van der Waals surface area contributed by atoms with Gasteiger partial charge >= 0.3 is 5.97 Å². The van der Waals surface area contributed by atoms with E-state index in [9.17, 15) is 14.0 Å². The minimum absolute atomic E-state index is 0.000900. The van der Waals surface area contributed by atoms with E-state index in [-0.39, 0.29) is 24.2 Å². The third kappa shape index (κ3) is 4.44. The van der Waals surface area contributed by atoms with Crippen molar-refractivity contribution >= 4 is 11.9 Å². The summed E-state index contributed by atoms with van der Waals surface area (Å²) in [5, 5.41) is 8.92. The fraction of sp³-hybridized carbons (Fsp3) is 0.500. The Hall–Kier alpha value is -2.11. The van der Waals surface area contributed by atoms with Crippen LogP contribution in [0.1, 0.15) is 25.7 Å². The average Bonchev–Trinajstić information content (AvgIpc) is 2.53. The maximum Gasteiger partial charge on any atom is 0.306 e. The smallest absolute Gasteiger partial charge is 0.306 e. The van der Waals surface area contributed by atoms with Crippen molar-refractivity contribution in [2.75, 3.05) is 19.7 Å². The summed E-state index contributed by atoms with van der Waals surface area (Å²) in [5.41, 5.74) is 0. The van der Waals surface area contributed by atoms with Crippen LogP contribution in [-0.4, -0.2) is 41.6 Å². The number of carbonyl (C=O) groups excluding carboxylic acids is 1. The third-order valence-electron chi connectivity index (χ3n) is 3.83. The summed E-state index contributed by atoms with van der Waals surface area (Å²) in [4.78, 5) is 24.6. The molecule has 0 atom stereocenters. The zero-order chi connectivity index (χ0) is 15.9. The number of hydrogen-bond donors (Lipinski definition) is 1. The highest BCUT2D eigenvalue weighted by Gasteiger charge is 2.26. The van der Waals surface area contributed by atoms with Crippen LogP contribution in [0, 0.1) is 11.7 Å². The van der Waals surface area contributed by atoms with Crippen LogP contribution in [0.3, 0.4) is 0 Å². The summed E-state index contributed by atoms with van der Waals surface area (Å²) < 4.78 is 18.6. The lowest BCUT2D eigenvalue weighted by Gasteiger charge is -2.30. The van der Waals surface area contributed by atoms with Crippen LogP contribution in [-0.2, 0) is 9.59 Å². The number of halogens is 1. The van der Waals surface area contributed by atoms with Crippen molar-refractivity contribution in [1.82, 2.24) is 4.90 Å². The number of ether oxygens (including phenoxy) is 1. The Morgan fingerprint density at radius 2 is 1.95 bits per heavy atom. The van der Waals surface area contributed by atoms with E-state index in [1.807, 2.05) is 0 Å². The third-order valence-corrected chi connectivity index (χ3v) is 3.83. The highest BCUT2D eigenvalue weighted by molar-refractivity contribution is 5.77. The molecule has 0 unspecified atom stereocenters. The molecule has 1 aliphatic rings. The van der Waals surface area contributed by atoms with Crippen LogP contribution in [0.2, 0.25) is 0 Å². The maximum atomic E-state index is 13.3. The Bertz CT molecular complexity index is 527. The lowest BCUT2D eigenvalue weighted by atomic mass is 9.97. The van der Waals surface area contributed by atoms with Gasteiger partial charge in [-0.2, -0.15) is 0 Å². The molecule has 0 aliphatic carbocycles. The number of piperidine rings is 1. The average molecular weight is 309 g/mol. The van der Waals surface area contributed by atoms with Crippen molar-refractivity contribution in [2.45, 2.75) is 25.7 Å². The van der Waals surface area contributed by atoms with E-state index in [2.05, 4.69) is 0 Å². The number of carboxylic acids is 1. The van der Waals surface area contributed by atoms with E-state index < -0.39 is 11.8 Å². The van der Waals surface area contributed by atoms with Crippen LogP contribution in [0.5, 0.6) is 5.75 Å². The van der Waals surface area contributed by atoms with Gasteiger partial charge in [-0.3, -0.25) is 9.59 Å². The van der Waals surface area contributed by atoms with Crippen molar-refractivity contribution in [3.8, 4) is 5.75 Å². The molecule has 1 amide bonds. The van der Waals surface area contributed by atoms with E-state index in [0.29, 0.717) is 38.8 Å². The first-order chi connectivity index (χ1) is 10.6. The van der Waals surface area contributed by atoms with Gasteiger partial charge < -0.3 is 14.7 Å². The van der Waals surface area contributed by atoms with Gasteiger partial charge in [-0.25, -0.2) is 4.39 Å². The van der Waals surface area contributed by atoms with Gasteiger partial charge in [0.15, 0.2) is 11.6 Å². The second-order valence-corrected chi connectivity index (χ2v) is 5.38. The quantitative estimate of drug-likeness (QED) is 0.819. The number of para-hydroxylation sites is 1. The molecule has 0 spiro atoms. The molecule has 1 N–H and O–H groups in total. The summed E-state index contributed by atoms with van der Waals surface area (Å²) >= 11 is 0. The number of nitrogens with zero attached hydrogens (tertiary/aromatic N) is 1. The fourth-order valence-corrected chi connectivity index (χ4v) is 2.50. The molecule has 1 aliphatic heterocycles. The number of aliphatic carboxylic acids is 1. The van der Waals surface area contributed by atoms with Crippen molar-refractivity contribution in [3.63, 3.8) is 0 Å². The van der Waals surface area contributed by atoms with Gasteiger partial charge in [-0.15, -0.1) is 0 Å². The highest BCUT2D eigenvalue weighted by Crippen LogP contribution is 2.19. The van der Waals surface area contributed by atoms with Gasteiger partial charge in [0.1, 0.15) is 0 Å². The summed E-state index contributed by atoms with van der Waals surface area (Å²) in [6.07, 6.45) is 1.85. The molecule has 2 rings (SSSR count). The minimum atomic E-state index is -0.787. The van der Waals surface area contributed by atoms with Gasteiger partial charge in [-0.05, 0) is 31.4 Å². The van der Waals surface area contributed by atoms with E-state index in [1.54, 1.807) is 23.1 Å². The lowest BCUT2D eigenvalue weighted by molar-refractivity contribution is -0.145. The van der Waals surface area contributed by atoms with Crippen molar-refractivity contribution in [1.29, 1.82) is 0 Å². The molecule has 120 valence electrons. The van der Waals surface area contributed by atoms with Gasteiger partial charge in [-0.1, -0.05) is 12.1 Å². The summed E-state index contributed by atoms with van der Waals surface area (Å²) in [5.74, 6) is -1.35. The first-order valence-electron chi connectivity index (χ1n) is 7.46. The van der Waals surface area contributed by atoms with Gasteiger partial charge in [0, 0.05) is 19.5 Å². The zero-order valence-electron chi connectivity index (χ0n) is 12.3. The molecule has 0 aromatic heterocycles. The molecule has 1 heterocycles. The predicted octanol–water partition coefficient (Wildman–Crippen LogP) is 2.31. The van der Waals surface area contributed by atoms with Gasteiger partial charge in [0.05, 0.1) is 12.5 Å².